The Labute approximate surface area is 57.1 Å². The molecule has 0 aliphatic carbocycles. The predicted molar refractivity (Wildman–Crippen MR) is 8.14 cm³/mol. The van der Waals surface area contributed by atoms with E-state index < -0.39 is 0 Å². The molecule has 0 rings (SSSR count). The van der Waals surface area contributed by atoms with E-state index in [0.717, 1.165) is 0 Å². The topological polar surface area (TPSA) is 17.1 Å². The molecule has 0 radical (unpaired) electrons. The van der Waals surface area contributed by atoms with Gasteiger partial charge in [-0.25, -0.2) is 0 Å². The third-order valence-corrected chi connectivity index (χ3v) is 0. The average molecular weight is 344 g/mol. The SMILES string of the molecule is O=S.[Pt].[Ru]. The van der Waals surface area contributed by atoms with Crippen LogP contribution in [0.1, 0.15) is 0 Å². The molecular weight excluding hydrogens is 344 g/mol. The molecule has 1 nitrogen and oxygen atoms in total. The quantitative estimate of drug-likeness (QED) is 0.560. The van der Waals surface area contributed by atoms with Crippen LogP contribution in [0.4, 0.5) is 0 Å². The van der Waals surface area contributed by atoms with Gasteiger partial charge in [-0.3, -0.25) is 0 Å². The molecule has 0 amide bonds. The van der Waals surface area contributed by atoms with Gasteiger partial charge < -0.3 is 0 Å². The zero-order valence-corrected chi connectivity index (χ0v) is 6.31. The van der Waals surface area contributed by atoms with Gasteiger partial charge in [0.15, 0.2) is 12.5 Å². The largest absolute Gasteiger partial charge is 0.197 e. The third-order valence-electron chi connectivity index (χ3n) is 0. The summed E-state index contributed by atoms with van der Waals surface area (Å²) in [6.45, 7) is 0. The molecule has 0 heterocycles. The molecule has 0 fully saturated rings. The summed E-state index contributed by atoms with van der Waals surface area (Å²) in [6, 6.07) is 0. The molecule has 0 N–H and O–H groups in total. The van der Waals surface area contributed by atoms with E-state index in [2.05, 4.69) is 12.5 Å². The van der Waals surface area contributed by atoms with Crippen LogP contribution in [0.15, 0.2) is 0 Å². The van der Waals surface area contributed by atoms with Gasteiger partial charge in [0.05, 0.1) is 0 Å². The van der Waals surface area contributed by atoms with Crippen LogP contribution in [0.5, 0.6) is 0 Å². The van der Waals surface area contributed by atoms with Gasteiger partial charge in [-0.15, -0.1) is 0 Å². The standard InChI is InChI=1S/OS.Pt.Ru/c1-2;;. The second kappa shape index (κ2) is 27.1. The Morgan fingerprint density at radius 1 is 1.25 bits per heavy atom. The molecule has 0 aliphatic heterocycles. The van der Waals surface area contributed by atoms with Crippen LogP contribution in [0.25, 0.3) is 0 Å². The first-order chi connectivity index (χ1) is 1.00. The fraction of sp³-hybridized carbons (Fsp3) is 0. The molecule has 30 valence electrons. The molecule has 4 heavy (non-hydrogen) atoms. The van der Waals surface area contributed by atoms with Crippen molar-refractivity contribution in [2.45, 2.75) is 0 Å². The van der Waals surface area contributed by atoms with E-state index in [1.165, 1.54) is 0 Å². The van der Waals surface area contributed by atoms with Crippen LogP contribution < -0.4 is 0 Å². The zero-order valence-electron chi connectivity index (χ0n) is 1.49. The molecule has 0 aliphatic rings. The number of hydrogen-bond acceptors (Lipinski definition) is 2. The summed E-state index contributed by atoms with van der Waals surface area (Å²) >= 11 is 2.83. The molecular formula is OPtRuS. The first-order valence-corrected chi connectivity index (χ1v) is 0.500. The summed E-state index contributed by atoms with van der Waals surface area (Å²) < 4.78 is 7.83. The van der Waals surface area contributed by atoms with Gasteiger partial charge in [0.2, 0.25) is 0 Å². The summed E-state index contributed by atoms with van der Waals surface area (Å²) in [6.07, 6.45) is 0. The molecule has 0 bridgehead atoms. The van der Waals surface area contributed by atoms with Crippen LogP contribution in [0.2, 0.25) is 0 Å². The van der Waals surface area contributed by atoms with Gasteiger partial charge in [-0.1, -0.05) is 0 Å². The molecule has 0 aromatic rings. The van der Waals surface area contributed by atoms with Gasteiger partial charge >= 0.3 is 0 Å². The Hall–Kier alpha value is 1.33. The molecule has 0 unspecified atom stereocenters. The van der Waals surface area contributed by atoms with Crippen LogP contribution >= 0.6 is 0 Å². The van der Waals surface area contributed by atoms with E-state index in [9.17, 15) is 0 Å². The minimum Gasteiger partial charge on any atom is -0.197 e. The Bertz CT molecular complexity index is 8.00. The molecule has 0 aromatic heterocycles. The summed E-state index contributed by atoms with van der Waals surface area (Å²) in [4.78, 5) is 0. The van der Waals surface area contributed by atoms with Crippen LogP contribution in [-0.2, 0) is 53.1 Å². The first kappa shape index (κ1) is 18.4. The van der Waals surface area contributed by atoms with E-state index in [0.29, 0.717) is 0 Å². The van der Waals surface area contributed by atoms with Crippen molar-refractivity contribution in [1.29, 1.82) is 0 Å². The normalized spacial score (nSPS) is 1.00. The second-order valence-electron chi connectivity index (χ2n) is 0. The summed E-state index contributed by atoms with van der Waals surface area (Å²) in [5, 5.41) is 0. The molecule has 0 saturated heterocycles. The molecule has 0 saturated carbocycles. The third kappa shape index (κ3) is 10.2. The predicted octanol–water partition coefficient (Wildman–Crippen LogP) is -0.341. The van der Waals surface area contributed by atoms with E-state index in [1.807, 2.05) is 0 Å². The maximum absolute atomic E-state index is 7.83. The molecule has 4 heteroatoms. The van der Waals surface area contributed by atoms with Crippen molar-refractivity contribution in [3.8, 4) is 0 Å². The van der Waals surface area contributed by atoms with Crippen molar-refractivity contribution >= 4 is 12.5 Å². The van der Waals surface area contributed by atoms with E-state index in [-0.39, 0.29) is 40.5 Å². The Kier molecular flexibility index (Phi) is 125. The van der Waals surface area contributed by atoms with Crippen molar-refractivity contribution in [3.05, 3.63) is 0 Å². The fourth-order valence-corrected chi connectivity index (χ4v) is 0. The molecule has 0 spiro atoms. The average Bonchev–Trinajstić information content (AvgIpc) is 1.00. The summed E-state index contributed by atoms with van der Waals surface area (Å²) in [7, 11) is 0. The van der Waals surface area contributed by atoms with Gasteiger partial charge in [-0.05, 0) is 0 Å². The van der Waals surface area contributed by atoms with Gasteiger partial charge in [0, 0.05) is 40.5 Å². The van der Waals surface area contributed by atoms with Crippen molar-refractivity contribution in [1.82, 2.24) is 0 Å². The summed E-state index contributed by atoms with van der Waals surface area (Å²) in [5.74, 6) is 0. The molecule has 0 aromatic carbocycles. The number of hydrogen-bond donors (Lipinski definition) is 0. The minimum absolute atomic E-state index is 0. The smallest absolute Gasteiger partial charge is 0.197 e. The van der Waals surface area contributed by atoms with Crippen molar-refractivity contribution in [2.75, 3.05) is 0 Å². The monoisotopic (exact) mass is 345 g/mol. The Morgan fingerprint density at radius 2 is 1.25 bits per heavy atom. The van der Waals surface area contributed by atoms with Crippen LogP contribution in [0.3, 0.4) is 0 Å². The zero-order chi connectivity index (χ0) is 2.00. The molecule has 0 atom stereocenters. The van der Waals surface area contributed by atoms with Gasteiger partial charge in [0.25, 0.3) is 0 Å². The minimum atomic E-state index is 0. The van der Waals surface area contributed by atoms with E-state index in [1.54, 1.807) is 0 Å². The van der Waals surface area contributed by atoms with Crippen molar-refractivity contribution in [3.63, 3.8) is 0 Å². The Balaban J connectivity index is -0.00000000500. The fourth-order valence-electron chi connectivity index (χ4n) is 0. The van der Waals surface area contributed by atoms with Crippen molar-refractivity contribution in [2.24, 2.45) is 0 Å². The second-order valence-corrected chi connectivity index (χ2v) is 0. The van der Waals surface area contributed by atoms with Gasteiger partial charge in [-0.2, -0.15) is 4.21 Å². The van der Waals surface area contributed by atoms with E-state index >= 15 is 0 Å². The van der Waals surface area contributed by atoms with Crippen LogP contribution in [0, 0.1) is 0 Å². The van der Waals surface area contributed by atoms with Gasteiger partial charge in [0.1, 0.15) is 0 Å². The van der Waals surface area contributed by atoms with E-state index in [4.69, 9.17) is 4.21 Å². The maximum Gasteiger partial charge on any atom is 0.197 e. The maximum atomic E-state index is 7.83. The Morgan fingerprint density at radius 3 is 1.25 bits per heavy atom. The van der Waals surface area contributed by atoms with Crippen molar-refractivity contribution < 1.29 is 44.8 Å². The number of rotatable bonds is 0. The van der Waals surface area contributed by atoms with Crippen LogP contribution in [-0.4, -0.2) is 4.21 Å². The first-order valence-electron chi connectivity index (χ1n) is 0.167. The summed E-state index contributed by atoms with van der Waals surface area (Å²) in [5.41, 5.74) is 0.